The van der Waals surface area contributed by atoms with E-state index in [2.05, 4.69) is 22.9 Å². The molecule has 0 aliphatic carbocycles. The Balaban J connectivity index is 2.48. The molecule has 0 aliphatic heterocycles. The molecule has 0 radical (unpaired) electrons. The smallest absolute Gasteiger partial charge is 0.319 e. The van der Waals surface area contributed by atoms with Crippen molar-refractivity contribution in [2.24, 2.45) is 0 Å². The zero-order chi connectivity index (χ0) is 15.0. The van der Waals surface area contributed by atoms with Crippen LogP contribution >= 0.6 is 0 Å². The average molecular weight is 277 g/mol. The summed E-state index contributed by atoms with van der Waals surface area (Å²) in [5, 5.41) is 8.08. The summed E-state index contributed by atoms with van der Waals surface area (Å²) in [5.41, 5.74) is 1.87. The van der Waals surface area contributed by atoms with Crippen LogP contribution in [-0.2, 0) is 11.2 Å². The second-order valence-electron chi connectivity index (χ2n) is 4.67. The molecule has 0 saturated heterocycles. The molecule has 110 valence electrons. The summed E-state index contributed by atoms with van der Waals surface area (Å²) in [7, 11) is 0. The van der Waals surface area contributed by atoms with Gasteiger partial charge in [-0.2, -0.15) is 0 Å². The first-order valence-corrected chi connectivity index (χ1v) is 7.01. The Morgan fingerprint density at radius 1 is 1.25 bits per heavy atom. The van der Waals surface area contributed by atoms with Gasteiger partial charge in [0.25, 0.3) is 0 Å². The maximum absolute atomic E-state index is 11.8. The molecule has 0 fully saturated rings. The minimum Gasteiger partial charge on any atom is -0.354 e. The van der Waals surface area contributed by atoms with Crippen molar-refractivity contribution in [1.82, 2.24) is 10.6 Å². The number of carbonyl (C=O) groups excluding carboxylic acids is 2. The Morgan fingerprint density at radius 2 is 2.00 bits per heavy atom. The van der Waals surface area contributed by atoms with Crippen LogP contribution in [0.2, 0.25) is 0 Å². The third-order valence-electron chi connectivity index (χ3n) is 2.88. The van der Waals surface area contributed by atoms with Crippen LogP contribution in [0.25, 0.3) is 0 Å². The molecular weight excluding hydrogens is 254 g/mol. The molecule has 1 aromatic rings. The molecule has 20 heavy (non-hydrogen) atoms. The molecule has 0 aliphatic rings. The Hall–Kier alpha value is -2.04. The van der Waals surface area contributed by atoms with Crippen molar-refractivity contribution in [2.45, 2.75) is 39.7 Å². The standard InChI is InChI=1S/C15H23N3O2/c1-4-9-16-14(19)11(3)17-15(20)18-13-8-6-7-12(5-2)10-13/h6-8,10-11H,4-5,9H2,1-3H3,(H,16,19)(H2,17,18,20). The highest BCUT2D eigenvalue weighted by atomic mass is 16.2. The van der Waals surface area contributed by atoms with E-state index in [4.69, 9.17) is 0 Å². The third-order valence-corrected chi connectivity index (χ3v) is 2.88. The topological polar surface area (TPSA) is 70.2 Å². The monoisotopic (exact) mass is 277 g/mol. The quantitative estimate of drug-likeness (QED) is 0.746. The van der Waals surface area contributed by atoms with Crippen LogP contribution in [-0.4, -0.2) is 24.5 Å². The normalized spacial score (nSPS) is 11.6. The zero-order valence-corrected chi connectivity index (χ0v) is 12.3. The van der Waals surface area contributed by atoms with E-state index in [-0.39, 0.29) is 11.9 Å². The Labute approximate surface area is 120 Å². The molecule has 5 heteroatoms. The first kappa shape index (κ1) is 16.0. The van der Waals surface area contributed by atoms with Gasteiger partial charge >= 0.3 is 6.03 Å². The van der Waals surface area contributed by atoms with Gasteiger partial charge in [-0.1, -0.05) is 26.0 Å². The van der Waals surface area contributed by atoms with E-state index in [0.717, 1.165) is 24.1 Å². The fourth-order valence-electron chi connectivity index (χ4n) is 1.70. The third kappa shape index (κ3) is 5.30. The van der Waals surface area contributed by atoms with Gasteiger partial charge in [-0.15, -0.1) is 0 Å². The first-order chi connectivity index (χ1) is 9.56. The van der Waals surface area contributed by atoms with Crippen molar-refractivity contribution in [3.63, 3.8) is 0 Å². The Morgan fingerprint density at radius 3 is 2.65 bits per heavy atom. The highest BCUT2D eigenvalue weighted by Crippen LogP contribution is 2.10. The molecule has 0 aromatic heterocycles. The van der Waals surface area contributed by atoms with Gasteiger partial charge in [0.2, 0.25) is 5.91 Å². The first-order valence-electron chi connectivity index (χ1n) is 7.01. The molecule has 0 saturated carbocycles. The molecule has 1 atom stereocenters. The van der Waals surface area contributed by atoms with E-state index in [9.17, 15) is 9.59 Å². The SMILES string of the molecule is CCCNC(=O)C(C)NC(=O)Nc1cccc(CC)c1. The van der Waals surface area contributed by atoms with Crippen molar-refractivity contribution < 1.29 is 9.59 Å². The molecule has 0 heterocycles. The van der Waals surface area contributed by atoms with Crippen molar-refractivity contribution >= 4 is 17.6 Å². The summed E-state index contributed by atoms with van der Waals surface area (Å²) >= 11 is 0. The molecule has 0 spiro atoms. The average Bonchev–Trinajstić information content (AvgIpc) is 2.44. The highest BCUT2D eigenvalue weighted by molar-refractivity contribution is 5.93. The molecule has 1 aromatic carbocycles. The van der Waals surface area contributed by atoms with Gasteiger partial charge in [-0.05, 0) is 37.5 Å². The van der Waals surface area contributed by atoms with Gasteiger partial charge in [0, 0.05) is 12.2 Å². The van der Waals surface area contributed by atoms with Crippen LogP contribution in [0.5, 0.6) is 0 Å². The van der Waals surface area contributed by atoms with Gasteiger partial charge in [-0.25, -0.2) is 4.79 Å². The number of carbonyl (C=O) groups is 2. The van der Waals surface area contributed by atoms with Crippen LogP contribution in [0.4, 0.5) is 10.5 Å². The zero-order valence-electron chi connectivity index (χ0n) is 12.3. The lowest BCUT2D eigenvalue weighted by Gasteiger charge is -2.14. The largest absolute Gasteiger partial charge is 0.354 e. The van der Waals surface area contributed by atoms with Crippen molar-refractivity contribution in [3.05, 3.63) is 29.8 Å². The van der Waals surface area contributed by atoms with Crippen molar-refractivity contribution in [1.29, 1.82) is 0 Å². The Bertz CT molecular complexity index is 460. The van der Waals surface area contributed by atoms with E-state index >= 15 is 0 Å². The number of aryl methyl sites for hydroxylation is 1. The summed E-state index contributed by atoms with van der Waals surface area (Å²) in [6.45, 7) is 6.31. The van der Waals surface area contributed by atoms with E-state index in [1.54, 1.807) is 6.92 Å². The number of urea groups is 1. The number of nitrogens with one attached hydrogen (secondary N) is 3. The van der Waals surface area contributed by atoms with Crippen LogP contribution in [0.3, 0.4) is 0 Å². The fraction of sp³-hybridized carbons (Fsp3) is 0.467. The van der Waals surface area contributed by atoms with Gasteiger partial charge in [0.15, 0.2) is 0 Å². The summed E-state index contributed by atoms with van der Waals surface area (Å²) in [6, 6.07) is 6.70. The van der Waals surface area contributed by atoms with E-state index in [1.807, 2.05) is 31.2 Å². The predicted octanol–water partition coefficient (Wildman–Crippen LogP) is 2.29. The van der Waals surface area contributed by atoms with Crippen LogP contribution in [0.15, 0.2) is 24.3 Å². The van der Waals surface area contributed by atoms with Crippen LogP contribution in [0, 0.1) is 0 Å². The second-order valence-corrected chi connectivity index (χ2v) is 4.67. The van der Waals surface area contributed by atoms with Crippen LogP contribution in [0.1, 0.15) is 32.8 Å². The summed E-state index contributed by atoms with van der Waals surface area (Å²) in [6.07, 6.45) is 1.78. The summed E-state index contributed by atoms with van der Waals surface area (Å²) in [4.78, 5) is 23.4. The van der Waals surface area contributed by atoms with E-state index in [0.29, 0.717) is 6.54 Å². The summed E-state index contributed by atoms with van der Waals surface area (Å²) in [5.74, 6) is -0.177. The lowest BCUT2D eigenvalue weighted by Crippen LogP contribution is -2.46. The molecular formula is C15H23N3O2. The van der Waals surface area contributed by atoms with Crippen LogP contribution < -0.4 is 16.0 Å². The van der Waals surface area contributed by atoms with E-state index < -0.39 is 6.04 Å². The molecule has 0 bridgehead atoms. The predicted molar refractivity (Wildman–Crippen MR) is 80.7 cm³/mol. The van der Waals surface area contributed by atoms with Gasteiger partial charge in [-0.3, -0.25) is 4.79 Å². The number of hydrogen-bond donors (Lipinski definition) is 3. The van der Waals surface area contributed by atoms with Crippen molar-refractivity contribution in [2.75, 3.05) is 11.9 Å². The lowest BCUT2D eigenvalue weighted by atomic mass is 10.1. The minimum absolute atomic E-state index is 0.177. The number of hydrogen-bond acceptors (Lipinski definition) is 2. The Kier molecular flexibility index (Phi) is 6.56. The second kappa shape index (κ2) is 8.19. The lowest BCUT2D eigenvalue weighted by molar-refractivity contribution is -0.122. The molecule has 1 unspecified atom stereocenters. The molecule has 3 N–H and O–H groups in total. The molecule has 3 amide bonds. The molecule has 1 rings (SSSR count). The van der Waals surface area contributed by atoms with Gasteiger partial charge in [0.05, 0.1) is 0 Å². The minimum atomic E-state index is -0.559. The molecule has 5 nitrogen and oxygen atoms in total. The number of anilines is 1. The van der Waals surface area contributed by atoms with Gasteiger partial charge < -0.3 is 16.0 Å². The number of amides is 3. The maximum Gasteiger partial charge on any atom is 0.319 e. The summed E-state index contributed by atoms with van der Waals surface area (Å²) < 4.78 is 0. The highest BCUT2D eigenvalue weighted by Gasteiger charge is 2.14. The number of rotatable bonds is 6. The fourth-order valence-corrected chi connectivity index (χ4v) is 1.70. The van der Waals surface area contributed by atoms with Gasteiger partial charge in [0.1, 0.15) is 6.04 Å². The van der Waals surface area contributed by atoms with E-state index in [1.165, 1.54) is 0 Å². The maximum atomic E-state index is 11.8. The number of benzene rings is 1. The van der Waals surface area contributed by atoms with Crippen molar-refractivity contribution in [3.8, 4) is 0 Å².